The lowest BCUT2D eigenvalue weighted by Gasteiger charge is -2.07. The maximum absolute atomic E-state index is 11.8. The molecule has 0 spiro atoms. The first-order valence-corrected chi connectivity index (χ1v) is 7.59. The van der Waals surface area contributed by atoms with Gasteiger partial charge in [0.1, 0.15) is 0 Å². The van der Waals surface area contributed by atoms with Gasteiger partial charge in [-0.05, 0) is 36.6 Å². The first-order valence-electron chi connectivity index (χ1n) is 7.59. The molecule has 2 rings (SSSR count). The van der Waals surface area contributed by atoms with Gasteiger partial charge in [0.2, 0.25) is 0 Å². The van der Waals surface area contributed by atoms with Gasteiger partial charge in [0, 0.05) is 5.92 Å². The quantitative estimate of drug-likeness (QED) is 0.702. The highest BCUT2D eigenvalue weighted by atomic mass is 16.5. The van der Waals surface area contributed by atoms with Crippen LogP contribution in [0, 0.1) is 5.92 Å². The van der Waals surface area contributed by atoms with Gasteiger partial charge in [-0.15, -0.1) is 0 Å². The number of ketones is 1. The number of hydrogen-bond donors (Lipinski definition) is 0. The second kappa shape index (κ2) is 8.18. The highest BCUT2D eigenvalue weighted by Gasteiger charge is 2.07. The molecule has 1 aromatic carbocycles. The highest BCUT2D eigenvalue weighted by molar-refractivity contribution is 5.93. The largest absolute Gasteiger partial charge is 0.493 e. The average Bonchev–Trinajstić information content (AvgIpc) is 3.06. The monoisotopic (exact) mass is 310 g/mol. The van der Waals surface area contributed by atoms with Crippen LogP contribution in [-0.2, 0) is 4.79 Å². The Balaban J connectivity index is 2.08. The summed E-state index contributed by atoms with van der Waals surface area (Å²) in [5, 5.41) is 0. The van der Waals surface area contributed by atoms with Crippen molar-refractivity contribution in [3.63, 3.8) is 0 Å². The van der Waals surface area contributed by atoms with Crippen LogP contribution in [-0.4, -0.2) is 20.0 Å². The third-order valence-corrected chi connectivity index (χ3v) is 3.68. The van der Waals surface area contributed by atoms with E-state index in [2.05, 4.69) is 12.2 Å². The molecule has 0 fully saturated rings. The first kappa shape index (κ1) is 16.8. The molecule has 1 aliphatic rings. The average molecular weight is 310 g/mol. The van der Waals surface area contributed by atoms with Crippen molar-refractivity contribution in [2.24, 2.45) is 5.92 Å². The molecule has 0 saturated heterocycles. The molecule has 1 aliphatic carbocycles. The fourth-order valence-electron chi connectivity index (χ4n) is 2.40. The lowest BCUT2D eigenvalue weighted by molar-refractivity contribution is -0.113. The molecule has 3 nitrogen and oxygen atoms in total. The van der Waals surface area contributed by atoms with Crippen molar-refractivity contribution in [3.8, 4) is 11.5 Å². The first-order chi connectivity index (χ1) is 11.1. The molecule has 3 heteroatoms. The summed E-state index contributed by atoms with van der Waals surface area (Å²) in [5.41, 5.74) is 1.83. The van der Waals surface area contributed by atoms with E-state index >= 15 is 0 Å². The van der Waals surface area contributed by atoms with E-state index in [1.165, 1.54) is 0 Å². The van der Waals surface area contributed by atoms with Crippen LogP contribution in [0.1, 0.15) is 18.9 Å². The number of allylic oxidation sites excluding steroid dienone is 7. The number of hydrogen-bond acceptors (Lipinski definition) is 3. The third kappa shape index (κ3) is 4.71. The van der Waals surface area contributed by atoms with Gasteiger partial charge in [-0.1, -0.05) is 48.6 Å². The predicted molar refractivity (Wildman–Crippen MR) is 93.7 cm³/mol. The van der Waals surface area contributed by atoms with E-state index in [0.29, 0.717) is 17.9 Å². The Morgan fingerprint density at radius 1 is 1.13 bits per heavy atom. The van der Waals surface area contributed by atoms with Gasteiger partial charge in [-0.25, -0.2) is 0 Å². The Kier molecular flexibility index (Phi) is 5.98. The van der Waals surface area contributed by atoms with E-state index < -0.39 is 0 Å². The molecule has 120 valence electrons. The van der Waals surface area contributed by atoms with Crippen LogP contribution in [0.5, 0.6) is 11.5 Å². The molecule has 0 aliphatic heterocycles. The maximum Gasteiger partial charge on any atom is 0.161 e. The van der Waals surface area contributed by atoms with Crippen molar-refractivity contribution in [1.29, 1.82) is 0 Å². The van der Waals surface area contributed by atoms with E-state index in [4.69, 9.17) is 9.47 Å². The molecule has 0 aromatic heterocycles. The minimum atomic E-state index is 0.107. The molecule has 0 radical (unpaired) electrons. The van der Waals surface area contributed by atoms with E-state index in [0.717, 1.165) is 11.1 Å². The zero-order chi connectivity index (χ0) is 16.7. The molecule has 0 bridgehead atoms. The van der Waals surface area contributed by atoms with E-state index in [9.17, 15) is 4.79 Å². The fraction of sp³-hybridized carbons (Fsp3) is 0.250. The molecule has 0 atom stereocenters. The normalized spacial score (nSPS) is 14.7. The van der Waals surface area contributed by atoms with Crippen LogP contribution in [0.4, 0.5) is 0 Å². The summed E-state index contributed by atoms with van der Waals surface area (Å²) in [4.78, 5) is 11.8. The van der Waals surface area contributed by atoms with Crippen molar-refractivity contribution in [2.45, 2.75) is 13.3 Å². The molecule has 0 unspecified atom stereocenters. The van der Waals surface area contributed by atoms with Gasteiger partial charge in [-0.3, -0.25) is 4.79 Å². The molecule has 0 amide bonds. The lowest BCUT2D eigenvalue weighted by atomic mass is 10.0. The summed E-state index contributed by atoms with van der Waals surface area (Å²) in [5.74, 6) is 1.73. The Morgan fingerprint density at radius 2 is 1.83 bits per heavy atom. The third-order valence-electron chi connectivity index (χ3n) is 3.68. The number of benzene rings is 1. The Bertz CT molecular complexity index is 666. The van der Waals surface area contributed by atoms with Crippen LogP contribution in [0.2, 0.25) is 0 Å². The van der Waals surface area contributed by atoms with Crippen molar-refractivity contribution in [2.75, 3.05) is 14.2 Å². The van der Waals surface area contributed by atoms with Crippen LogP contribution >= 0.6 is 0 Å². The topological polar surface area (TPSA) is 35.5 Å². The van der Waals surface area contributed by atoms with Crippen molar-refractivity contribution in [3.05, 3.63) is 65.8 Å². The second-order valence-corrected chi connectivity index (χ2v) is 5.32. The molecular weight excluding hydrogens is 288 g/mol. The molecule has 0 N–H and O–H groups in total. The van der Waals surface area contributed by atoms with Crippen molar-refractivity contribution >= 4 is 11.9 Å². The van der Waals surface area contributed by atoms with Gasteiger partial charge in [0.25, 0.3) is 0 Å². The van der Waals surface area contributed by atoms with E-state index in [-0.39, 0.29) is 11.7 Å². The number of carbonyl (C=O) groups is 1. The Hall–Kier alpha value is -2.55. The smallest absolute Gasteiger partial charge is 0.161 e. The van der Waals surface area contributed by atoms with Crippen LogP contribution in [0.3, 0.4) is 0 Å². The van der Waals surface area contributed by atoms with Crippen LogP contribution in [0.25, 0.3) is 6.08 Å². The zero-order valence-electron chi connectivity index (χ0n) is 13.8. The van der Waals surface area contributed by atoms with Gasteiger partial charge in [-0.2, -0.15) is 0 Å². The van der Waals surface area contributed by atoms with E-state index in [1.807, 2.05) is 48.6 Å². The van der Waals surface area contributed by atoms with Gasteiger partial charge in [0.05, 0.1) is 14.2 Å². The molecular formula is C20H22O3. The summed E-state index contributed by atoms with van der Waals surface area (Å²) in [6, 6.07) is 5.74. The van der Waals surface area contributed by atoms with Crippen LogP contribution < -0.4 is 9.47 Å². The zero-order valence-corrected chi connectivity index (χ0v) is 13.8. The Morgan fingerprint density at radius 3 is 2.43 bits per heavy atom. The summed E-state index contributed by atoms with van der Waals surface area (Å²) in [7, 11) is 3.23. The molecule has 1 aromatic rings. The standard InChI is InChI=1S/C20H22O3/c1-15(21)18(13-16-7-4-5-8-16)10-6-9-17-11-12-19(22-2)20(14-17)23-3/h4-9,11-14,16H,10H2,1-3H3/b9-6+,18-13+. The predicted octanol–water partition coefficient (Wildman–Crippen LogP) is 4.36. The summed E-state index contributed by atoms with van der Waals surface area (Å²) in [6.45, 7) is 1.61. The van der Waals surface area contributed by atoms with E-state index in [1.54, 1.807) is 21.1 Å². The second-order valence-electron chi connectivity index (χ2n) is 5.32. The number of Topliss-reactive ketones (excluding diaryl/α,β-unsaturated/α-hetero) is 1. The number of ether oxygens (including phenoxy) is 2. The Labute approximate surface area is 137 Å². The SMILES string of the molecule is COc1ccc(/C=C/C/C(=C\C2C=CC=C2)C(C)=O)cc1OC. The summed E-state index contributed by atoms with van der Waals surface area (Å²) >= 11 is 0. The highest BCUT2D eigenvalue weighted by Crippen LogP contribution is 2.28. The van der Waals surface area contributed by atoms with Gasteiger partial charge < -0.3 is 9.47 Å². The molecule has 23 heavy (non-hydrogen) atoms. The summed E-state index contributed by atoms with van der Waals surface area (Å²) in [6.07, 6.45) is 14.7. The lowest BCUT2D eigenvalue weighted by Crippen LogP contribution is -1.98. The van der Waals surface area contributed by atoms with Gasteiger partial charge in [0.15, 0.2) is 17.3 Å². The van der Waals surface area contributed by atoms with Gasteiger partial charge >= 0.3 is 0 Å². The fourth-order valence-corrected chi connectivity index (χ4v) is 2.40. The molecule has 0 saturated carbocycles. The van der Waals surface area contributed by atoms with Crippen molar-refractivity contribution in [1.82, 2.24) is 0 Å². The number of rotatable bonds is 7. The van der Waals surface area contributed by atoms with Crippen molar-refractivity contribution < 1.29 is 14.3 Å². The molecule has 0 heterocycles. The summed E-state index contributed by atoms with van der Waals surface area (Å²) < 4.78 is 10.5. The minimum absolute atomic E-state index is 0.107. The number of methoxy groups -OCH3 is 2. The minimum Gasteiger partial charge on any atom is -0.493 e. The maximum atomic E-state index is 11.8. The number of carbonyl (C=O) groups excluding carboxylic acids is 1. The van der Waals surface area contributed by atoms with Crippen LogP contribution in [0.15, 0.2) is 60.2 Å².